The monoisotopic (exact) mass is 364 g/mol. The number of imide groups is 1. The van der Waals surface area contributed by atoms with Gasteiger partial charge < -0.3 is 5.32 Å². The lowest BCUT2D eigenvalue weighted by Crippen LogP contribution is -2.52. The van der Waals surface area contributed by atoms with Gasteiger partial charge in [0.05, 0.1) is 17.2 Å². The molecule has 2 atom stereocenters. The Morgan fingerprint density at radius 2 is 1.41 bits per heavy atom. The predicted octanol–water partition coefficient (Wildman–Crippen LogP) is 3.49. The largest absolute Gasteiger partial charge is 0.348 e. The molecule has 5 heteroatoms. The summed E-state index contributed by atoms with van der Waals surface area (Å²) < 4.78 is 0. The lowest BCUT2D eigenvalue weighted by atomic mass is 9.99. The fourth-order valence-electron chi connectivity index (χ4n) is 3.63. The van der Waals surface area contributed by atoms with E-state index < -0.39 is 17.9 Å². The maximum absolute atomic E-state index is 13.1. The lowest BCUT2D eigenvalue weighted by molar-refractivity contribution is -0.127. The smallest absolute Gasteiger partial charge is 0.262 e. The molecule has 3 rings (SSSR count). The predicted molar refractivity (Wildman–Crippen MR) is 103 cm³/mol. The van der Waals surface area contributed by atoms with Crippen LogP contribution in [0.25, 0.3) is 0 Å². The first-order valence-electron chi connectivity index (χ1n) is 9.15. The SMILES string of the molecule is Cc1ccccc1C(C)NC(=O)C(C(C)C)N1C(=O)c2ccccc2C1=O. The van der Waals surface area contributed by atoms with Crippen LogP contribution in [0.1, 0.15) is 58.7 Å². The molecule has 140 valence electrons. The molecular weight excluding hydrogens is 340 g/mol. The summed E-state index contributed by atoms with van der Waals surface area (Å²) in [5, 5.41) is 2.98. The maximum Gasteiger partial charge on any atom is 0.262 e. The van der Waals surface area contributed by atoms with Crippen molar-refractivity contribution in [2.24, 2.45) is 5.92 Å². The summed E-state index contributed by atoms with van der Waals surface area (Å²) >= 11 is 0. The molecule has 2 unspecified atom stereocenters. The summed E-state index contributed by atoms with van der Waals surface area (Å²) in [6.45, 7) is 7.57. The van der Waals surface area contributed by atoms with Crippen LogP contribution in [0.5, 0.6) is 0 Å². The molecular formula is C22H24N2O3. The van der Waals surface area contributed by atoms with Crippen molar-refractivity contribution < 1.29 is 14.4 Å². The minimum absolute atomic E-state index is 0.212. The van der Waals surface area contributed by atoms with Crippen molar-refractivity contribution in [2.75, 3.05) is 0 Å². The normalized spacial score (nSPS) is 15.7. The van der Waals surface area contributed by atoms with Gasteiger partial charge in [-0.2, -0.15) is 0 Å². The van der Waals surface area contributed by atoms with Crippen LogP contribution in [0.4, 0.5) is 0 Å². The molecule has 0 saturated carbocycles. The van der Waals surface area contributed by atoms with Crippen molar-refractivity contribution in [1.82, 2.24) is 10.2 Å². The second-order valence-electron chi connectivity index (χ2n) is 7.30. The molecule has 0 spiro atoms. The van der Waals surface area contributed by atoms with E-state index in [-0.39, 0.29) is 17.9 Å². The molecule has 0 radical (unpaired) electrons. The first-order chi connectivity index (χ1) is 12.8. The molecule has 0 aromatic heterocycles. The van der Waals surface area contributed by atoms with Crippen LogP contribution in [0.15, 0.2) is 48.5 Å². The summed E-state index contributed by atoms with van der Waals surface area (Å²) in [6.07, 6.45) is 0. The third kappa shape index (κ3) is 3.37. The van der Waals surface area contributed by atoms with Crippen LogP contribution in [-0.4, -0.2) is 28.7 Å². The van der Waals surface area contributed by atoms with Gasteiger partial charge in [-0.15, -0.1) is 0 Å². The Morgan fingerprint density at radius 1 is 0.889 bits per heavy atom. The molecule has 2 aromatic carbocycles. The Labute approximate surface area is 159 Å². The van der Waals surface area contributed by atoms with Gasteiger partial charge in [-0.1, -0.05) is 50.2 Å². The Kier molecular flexibility index (Phi) is 5.13. The van der Waals surface area contributed by atoms with Gasteiger partial charge in [-0.05, 0) is 43.0 Å². The third-order valence-corrected chi connectivity index (χ3v) is 5.02. The number of hydrogen-bond donors (Lipinski definition) is 1. The van der Waals surface area contributed by atoms with Crippen molar-refractivity contribution in [3.63, 3.8) is 0 Å². The van der Waals surface area contributed by atoms with Crippen molar-refractivity contribution in [2.45, 2.75) is 39.8 Å². The topological polar surface area (TPSA) is 66.5 Å². The Morgan fingerprint density at radius 3 is 1.93 bits per heavy atom. The molecule has 2 aromatic rings. The van der Waals surface area contributed by atoms with E-state index in [0.717, 1.165) is 16.0 Å². The molecule has 3 amide bonds. The van der Waals surface area contributed by atoms with Gasteiger partial charge in [-0.3, -0.25) is 19.3 Å². The highest BCUT2D eigenvalue weighted by Crippen LogP contribution is 2.28. The van der Waals surface area contributed by atoms with Crippen LogP contribution < -0.4 is 5.32 Å². The van der Waals surface area contributed by atoms with Crippen molar-refractivity contribution in [3.05, 3.63) is 70.8 Å². The van der Waals surface area contributed by atoms with Gasteiger partial charge in [0.25, 0.3) is 11.8 Å². The molecule has 1 heterocycles. The van der Waals surface area contributed by atoms with Gasteiger partial charge >= 0.3 is 0 Å². The summed E-state index contributed by atoms with van der Waals surface area (Å²) in [5.74, 6) is -1.35. The van der Waals surface area contributed by atoms with Gasteiger partial charge in [0.1, 0.15) is 6.04 Å². The van der Waals surface area contributed by atoms with E-state index in [1.807, 2.05) is 52.0 Å². The average Bonchev–Trinajstić information content (AvgIpc) is 2.87. The number of hydrogen-bond acceptors (Lipinski definition) is 3. The van der Waals surface area contributed by atoms with Crippen LogP contribution in [0.2, 0.25) is 0 Å². The number of fused-ring (bicyclic) bond motifs is 1. The quantitative estimate of drug-likeness (QED) is 0.826. The molecule has 0 bridgehead atoms. The number of nitrogens with one attached hydrogen (secondary N) is 1. The maximum atomic E-state index is 13.1. The lowest BCUT2D eigenvalue weighted by Gasteiger charge is -2.30. The molecule has 0 aliphatic carbocycles. The fraction of sp³-hybridized carbons (Fsp3) is 0.318. The summed E-state index contributed by atoms with van der Waals surface area (Å²) in [7, 11) is 0. The average molecular weight is 364 g/mol. The molecule has 1 aliphatic rings. The Balaban J connectivity index is 1.86. The minimum atomic E-state index is -0.858. The summed E-state index contributed by atoms with van der Waals surface area (Å²) in [5.41, 5.74) is 2.80. The standard InChI is InChI=1S/C22H24N2O3/c1-13(2)19(20(25)23-15(4)16-10-6-5-9-14(16)3)24-21(26)17-11-7-8-12-18(17)22(24)27/h5-13,15,19H,1-4H3,(H,23,25). The van der Waals surface area contributed by atoms with Crippen LogP contribution in [0, 0.1) is 12.8 Å². The second kappa shape index (κ2) is 7.35. The van der Waals surface area contributed by atoms with Gasteiger partial charge in [0, 0.05) is 0 Å². The van der Waals surface area contributed by atoms with E-state index in [1.54, 1.807) is 24.3 Å². The first-order valence-corrected chi connectivity index (χ1v) is 9.15. The van der Waals surface area contributed by atoms with Crippen molar-refractivity contribution in [1.29, 1.82) is 0 Å². The highest BCUT2D eigenvalue weighted by molar-refractivity contribution is 6.22. The van der Waals surface area contributed by atoms with Crippen LogP contribution in [-0.2, 0) is 4.79 Å². The molecule has 1 aliphatic heterocycles. The molecule has 0 fully saturated rings. The van der Waals surface area contributed by atoms with E-state index in [9.17, 15) is 14.4 Å². The number of benzene rings is 2. The van der Waals surface area contributed by atoms with E-state index >= 15 is 0 Å². The number of aryl methyl sites for hydroxylation is 1. The highest BCUT2D eigenvalue weighted by Gasteiger charge is 2.44. The van der Waals surface area contributed by atoms with Crippen molar-refractivity contribution >= 4 is 17.7 Å². The zero-order chi connectivity index (χ0) is 19.7. The molecule has 27 heavy (non-hydrogen) atoms. The van der Waals surface area contributed by atoms with E-state index in [1.165, 1.54) is 0 Å². The van der Waals surface area contributed by atoms with Gasteiger partial charge in [0.15, 0.2) is 0 Å². The second-order valence-corrected chi connectivity index (χ2v) is 7.30. The first kappa shape index (κ1) is 18.8. The van der Waals surface area contributed by atoms with Crippen LogP contribution >= 0.6 is 0 Å². The zero-order valence-corrected chi connectivity index (χ0v) is 16.0. The number of carbonyl (C=O) groups excluding carboxylic acids is 3. The van der Waals surface area contributed by atoms with Gasteiger partial charge in [0.2, 0.25) is 5.91 Å². The fourth-order valence-corrected chi connectivity index (χ4v) is 3.63. The number of nitrogens with zero attached hydrogens (tertiary/aromatic N) is 1. The van der Waals surface area contributed by atoms with Gasteiger partial charge in [-0.25, -0.2) is 0 Å². The highest BCUT2D eigenvalue weighted by atomic mass is 16.2. The Bertz CT molecular complexity index is 869. The summed E-state index contributed by atoms with van der Waals surface area (Å²) in [6, 6.07) is 13.4. The zero-order valence-electron chi connectivity index (χ0n) is 16.0. The molecule has 5 nitrogen and oxygen atoms in total. The molecule has 1 N–H and O–H groups in total. The summed E-state index contributed by atoms with van der Waals surface area (Å²) in [4.78, 5) is 39.7. The minimum Gasteiger partial charge on any atom is -0.348 e. The van der Waals surface area contributed by atoms with Crippen LogP contribution in [0.3, 0.4) is 0 Å². The third-order valence-electron chi connectivity index (χ3n) is 5.02. The number of rotatable bonds is 5. The van der Waals surface area contributed by atoms with E-state index in [0.29, 0.717) is 11.1 Å². The number of carbonyl (C=O) groups is 3. The number of amides is 3. The Hall–Kier alpha value is -2.95. The van der Waals surface area contributed by atoms with E-state index in [4.69, 9.17) is 0 Å². The molecule has 0 saturated heterocycles. The van der Waals surface area contributed by atoms with E-state index in [2.05, 4.69) is 5.32 Å². The van der Waals surface area contributed by atoms with Crippen molar-refractivity contribution in [3.8, 4) is 0 Å².